The maximum Gasteiger partial charge on any atom is 0.291 e. The number of carbonyl (C=O) groups is 1. The molecule has 5 heteroatoms. The van der Waals surface area contributed by atoms with Gasteiger partial charge < -0.3 is 9.73 Å². The van der Waals surface area contributed by atoms with E-state index in [4.69, 9.17) is 4.42 Å². The lowest BCUT2D eigenvalue weighted by molar-refractivity contribution is 0.0999. The van der Waals surface area contributed by atoms with Crippen LogP contribution in [0, 0.1) is 0 Å². The van der Waals surface area contributed by atoms with Gasteiger partial charge >= 0.3 is 0 Å². The number of anilines is 1. The molecule has 0 bridgehead atoms. The molecule has 0 atom stereocenters. The van der Waals surface area contributed by atoms with Crippen LogP contribution in [-0.2, 0) is 7.05 Å². The minimum Gasteiger partial charge on any atom is -0.451 e. The summed E-state index contributed by atoms with van der Waals surface area (Å²) in [5.41, 5.74) is 3.01. The molecule has 0 radical (unpaired) electrons. The largest absolute Gasteiger partial charge is 0.451 e. The van der Waals surface area contributed by atoms with Gasteiger partial charge in [-0.2, -0.15) is 5.10 Å². The second-order valence-electron chi connectivity index (χ2n) is 5.53. The van der Waals surface area contributed by atoms with E-state index in [1.54, 1.807) is 16.9 Å². The van der Waals surface area contributed by atoms with Crippen LogP contribution in [0.25, 0.3) is 22.2 Å². The van der Waals surface area contributed by atoms with Gasteiger partial charge in [0.1, 0.15) is 11.3 Å². The van der Waals surface area contributed by atoms with E-state index in [0.29, 0.717) is 11.3 Å². The lowest BCUT2D eigenvalue weighted by Crippen LogP contribution is -2.11. The molecule has 0 fully saturated rings. The normalized spacial score (nSPS) is 10.9. The smallest absolute Gasteiger partial charge is 0.291 e. The minimum absolute atomic E-state index is 0.277. The third-order valence-corrected chi connectivity index (χ3v) is 3.77. The van der Waals surface area contributed by atoms with Crippen molar-refractivity contribution in [2.45, 2.75) is 0 Å². The van der Waals surface area contributed by atoms with Crippen LogP contribution in [0.3, 0.4) is 0 Å². The van der Waals surface area contributed by atoms with Gasteiger partial charge in [-0.3, -0.25) is 9.48 Å². The van der Waals surface area contributed by atoms with Crippen LogP contribution >= 0.6 is 0 Å². The fourth-order valence-corrected chi connectivity index (χ4v) is 2.67. The summed E-state index contributed by atoms with van der Waals surface area (Å²) in [4.78, 5) is 12.5. The Kier molecular flexibility index (Phi) is 3.39. The fourth-order valence-electron chi connectivity index (χ4n) is 2.67. The molecule has 4 aromatic rings. The van der Waals surface area contributed by atoms with Crippen molar-refractivity contribution in [1.82, 2.24) is 9.78 Å². The van der Waals surface area contributed by atoms with E-state index >= 15 is 0 Å². The zero-order chi connectivity index (χ0) is 16.5. The number of nitrogens with zero attached hydrogens (tertiary/aromatic N) is 2. The molecule has 0 aliphatic rings. The van der Waals surface area contributed by atoms with Gasteiger partial charge in [0.15, 0.2) is 5.76 Å². The number of para-hydroxylation sites is 1. The monoisotopic (exact) mass is 317 g/mol. The highest BCUT2D eigenvalue weighted by atomic mass is 16.3. The standard InChI is InChI=1S/C19H15N3O2/c1-22-12-15(18(21-22)13-7-3-2-4-8-13)20-19(23)17-11-14-9-5-6-10-16(14)24-17/h2-12H,1H3,(H,20,23). The van der Waals surface area contributed by atoms with Crippen molar-refractivity contribution in [2.75, 3.05) is 5.32 Å². The molecule has 0 spiro atoms. The second-order valence-corrected chi connectivity index (χ2v) is 5.53. The van der Waals surface area contributed by atoms with E-state index in [2.05, 4.69) is 10.4 Å². The van der Waals surface area contributed by atoms with Crippen LogP contribution in [0.15, 0.2) is 71.3 Å². The Balaban J connectivity index is 1.67. The summed E-state index contributed by atoms with van der Waals surface area (Å²) in [7, 11) is 1.82. The molecule has 24 heavy (non-hydrogen) atoms. The lowest BCUT2D eigenvalue weighted by Gasteiger charge is -2.03. The van der Waals surface area contributed by atoms with Crippen molar-refractivity contribution < 1.29 is 9.21 Å². The molecule has 1 amide bonds. The molecule has 0 unspecified atom stereocenters. The molecule has 2 aromatic heterocycles. The molecule has 0 saturated carbocycles. The number of furan rings is 1. The number of amides is 1. The number of nitrogens with one attached hydrogen (secondary N) is 1. The van der Waals surface area contributed by atoms with Gasteiger partial charge in [-0.25, -0.2) is 0 Å². The number of aryl methyl sites for hydroxylation is 1. The summed E-state index contributed by atoms with van der Waals surface area (Å²) >= 11 is 0. The average Bonchev–Trinajstić information content (AvgIpc) is 3.19. The molecule has 2 aromatic carbocycles. The van der Waals surface area contributed by atoms with Crippen LogP contribution in [0.1, 0.15) is 10.6 Å². The Morgan fingerprint density at radius 2 is 1.83 bits per heavy atom. The average molecular weight is 317 g/mol. The maximum absolute atomic E-state index is 12.5. The Labute approximate surface area is 138 Å². The summed E-state index contributed by atoms with van der Waals surface area (Å²) in [6.45, 7) is 0. The molecule has 1 N–H and O–H groups in total. The molecule has 0 aliphatic carbocycles. The van der Waals surface area contributed by atoms with E-state index in [-0.39, 0.29) is 11.7 Å². The van der Waals surface area contributed by atoms with Crippen molar-refractivity contribution >= 4 is 22.6 Å². The first-order valence-electron chi connectivity index (χ1n) is 7.60. The highest BCUT2D eigenvalue weighted by Crippen LogP contribution is 2.27. The number of carbonyl (C=O) groups excluding carboxylic acids is 1. The SMILES string of the molecule is Cn1cc(NC(=O)c2cc3ccccc3o2)c(-c2ccccc2)n1. The maximum atomic E-state index is 12.5. The first-order chi connectivity index (χ1) is 11.7. The fraction of sp³-hybridized carbons (Fsp3) is 0.0526. The Morgan fingerprint density at radius 1 is 1.08 bits per heavy atom. The minimum atomic E-state index is -0.295. The predicted molar refractivity (Wildman–Crippen MR) is 92.8 cm³/mol. The van der Waals surface area contributed by atoms with Crippen LogP contribution in [0.4, 0.5) is 5.69 Å². The van der Waals surface area contributed by atoms with Gasteiger partial charge in [-0.1, -0.05) is 48.5 Å². The quantitative estimate of drug-likeness (QED) is 0.619. The van der Waals surface area contributed by atoms with E-state index < -0.39 is 0 Å². The van der Waals surface area contributed by atoms with Crippen LogP contribution in [-0.4, -0.2) is 15.7 Å². The number of hydrogen-bond acceptors (Lipinski definition) is 3. The highest BCUT2D eigenvalue weighted by Gasteiger charge is 2.16. The van der Waals surface area contributed by atoms with Crippen molar-refractivity contribution in [2.24, 2.45) is 7.05 Å². The number of aromatic nitrogens is 2. The number of benzene rings is 2. The molecule has 4 rings (SSSR count). The summed E-state index contributed by atoms with van der Waals surface area (Å²) in [6.07, 6.45) is 1.78. The summed E-state index contributed by atoms with van der Waals surface area (Å²) in [5.74, 6) is -0.0181. The zero-order valence-electron chi connectivity index (χ0n) is 13.1. The van der Waals surface area contributed by atoms with Crippen molar-refractivity contribution in [1.29, 1.82) is 0 Å². The molecule has 2 heterocycles. The molecule has 0 saturated heterocycles. The van der Waals surface area contributed by atoms with E-state index in [1.807, 2.05) is 61.6 Å². The molecule has 118 valence electrons. The summed E-state index contributed by atoms with van der Waals surface area (Å²) < 4.78 is 7.29. The number of rotatable bonds is 3. The van der Waals surface area contributed by atoms with Crippen molar-refractivity contribution in [3.8, 4) is 11.3 Å². The van der Waals surface area contributed by atoms with Gasteiger partial charge in [0, 0.05) is 24.2 Å². The second kappa shape index (κ2) is 5.70. The first kappa shape index (κ1) is 14.3. The van der Waals surface area contributed by atoms with Crippen LogP contribution in [0.5, 0.6) is 0 Å². The molecule has 5 nitrogen and oxygen atoms in total. The molecular formula is C19H15N3O2. The highest BCUT2D eigenvalue weighted by molar-refractivity contribution is 6.06. The third-order valence-electron chi connectivity index (χ3n) is 3.77. The Hall–Kier alpha value is -3.34. The number of hydrogen-bond donors (Lipinski definition) is 1. The first-order valence-corrected chi connectivity index (χ1v) is 7.60. The van der Waals surface area contributed by atoms with E-state index in [9.17, 15) is 4.79 Å². The molecular weight excluding hydrogens is 302 g/mol. The van der Waals surface area contributed by atoms with Gasteiger partial charge in [0.25, 0.3) is 5.91 Å². The Morgan fingerprint density at radius 3 is 2.62 bits per heavy atom. The summed E-state index contributed by atoms with van der Waals surface area (Å²) in [6, 6.07) is 19.0. The lowest BCUT2D eigenvalue weighted by atomic mass is 10.1. The Bertz CT molecular complexity index is 982. The van der Waals surface area contributed by atoms with Crippen LogP contribution in [0.2, 0.25) is 0 Å². The van der Waals surface area contributed by atoms with Gasteiger partial charge in [0.05, 0.1) is 5.69 Å². The van der Waals surface area contributed by atoms with Gasteiger partial charge in [-0.15, -0.1) is 0 Å². The van der Waals surface area contributed by atoms with Crippen LogP contribution < -0.4 is 5.32 Å². The van der Waals surface area contributed by atoms with Crippen molar-refractivity contribution in [3.05, 3.63) is 72.6 Å². The predicted octanol–water partition coefficient (Wildman–Crippen LogP) is 4.09. The van der Waals surface area contributed by atoms with Gasteiger partial charge in [0.2, 0.25) is 0 Å². The third kappa shape index (κ3) is 2.56. The number of fused-ring (bicyclic) bond motifs is 1. The van der Waals surface area contributed by atoms with Gasteiger partial charge in [-0.05, 0) is 12.1 Å². The van der Waals surface area contributed by atoms with E-state index in [1.165, 1.54) is 0 Å². The zero-order valence-corrected chi connectivity index (χ0v) is 13.1. The van der Waals surface area contributed by atoms with E-state index in [0.717, 1.165) is 16.6 Å². The summed E-state index contributed by atoms with van der Waals surface area (Å²) in [5, 5.41) is 8.23. The topological polar surface area (TPSA) is 60.1 Å². The molecule has 0 aliphatic heterocycles. The van der Waals surface area contributed by atoms with Crippen molar-refractivity contribution in [3.63, 3.8) is 0 Å².